The molecular weight excluding hydrogens is 582 g/mol. The standard InChI is InChI=1S/C30H20ClN3O5S2/c1-16-25(27(35)33-18-6-3-2-4-7-18)26(23-8-5-13-40-23)34-28(36)24(41-30(34)32-16)15-19-10-12-22(39-19)20-14-17(29(37)38)9-11-21(20)31/h2-15,26H,1H3,(H,33,35)(H,37,38)/b24-15-/t26-/m1/s1. The number of halogens is 1. The van der Waals surface area contributed by atoms with Gasteiger partial charge in [-0.1, -0.05) is 47.2 Å². The van der Waals surface area contributed by atoms with Gasteiger partial charge in [0.25, 0.3) is 11.5 Å². The number of thiophene rings is 1. The van der Waals surface area contributed by atoms with E-state index in [2.05, 4.69) is 10.3 Å². The number of carboxylic acid groups (broad SMARTS) is 1. The molecule has 1 amide bonds. The van der Waals surface area contributed by atoms with Gasteiger partial charge in [-0.3, -0.25) is 14.2 Å². The van der Waals surface area contributed by atoms with Crippen molar-refractivity contribution in [3.8, 4) is 11.3 Å². The van der Waals surface area contributed by atoms with Crippen LogP contribution >= 0.6 is 34.3 Å². The van der Waals surface area contributed by atoms with E-state index in [9.17, 15) is 19.5 Å². The smallest absolute Gasteiger partial charge is 0.335 e. The van der Waals surface area contributed by atoms with Gasteiger partial charge in [0.2, 0.25) is 0 Å². The molecule has 0 aliphatic carbocycles. The van der Waals surface area contributed by atoms with Gasteiger partial charge in [0, 0.05) is 22.2 Å². The van der Waals surface area contributed by atoms with Gasteiger partial charge >= 0.3 is 5.97 Å². The number of amides is 1. The number of rotatable bonds is 6. The van der Waals surface area contributed by atoms with Crippen LogP contribution in [0.1, 0.15) is 34.0 Å². The van der Waals surface area contributed by atoms with Crippen LogP contribution < -0.4 is 20.2 Å². The summed E-state index contributed by atoms with van der Waals surface area (Å²) >= 11 is 8.96. The van der Waals surface area contributed by atoms with Gasteiger partial charge in [0.15, 0.2) is 4.80 Å². The molecule has 0 saturated carbocycles. The van der Waals surface area contributed by atoms with Crippen molar-refractivity contribution in [2.24, 2.45) is 4.99 Å². The Morgan fingerprint density at radius 1 is 1.10 bits per heavy atom. The zero-order chi connectivity index (χ0) is 28.7. The molecule has 5 aromatic rings. The van der Waals surface area contributed by atoms with Gasteiger partial charge in [-0.25, -0.2) is 9.79 Å². The van der Waals surface area contributed by atoms with Crippen LogP contribution in [0, 0.1) is 0 Å². The third kappa shape index (κ3) is 5.08. The summed E-state index contributed by atoms with van der Waals surface area (Å²) in [5.41, 5.74) is 1.75. The Kier molecular flexibility index (Phi) is 7.04. The maximum Gasteiger partial charge on any atom is 0.335 e. The summed E-state index contributed by atoms with van der Waals surface area (Å²) in [6.07, 6.45) is 1.61. The molecule has 0 unspecified atom stereocenters. The maximum absolute atomic E-state index is 13.8. The number of thiazole rings is 1. The molecule has 0 bridgehead atoms. The topological polar surface area (TPSA) is 114 Å². The normalized spacial score (nSPS) is 15.0. The van der Waals surface area contributed by atoms with Gasteiger partial charge in [-0.05, 0) is 60.8 Å². The predicted octanol–water partition coefficient (Wildman–Crippen LogP) is 5.55. The Hall–Kier alpha value is -4.51. The lowest BCUT2D eigenvalue weighted by molar-refractivity contribution is -0.113. The summed E-state index contributed by atoms with van der Waals surface area (Å²) in [5.74, 6) is -0.665. The number of allylic oxidation sites excluding steroid dienone is 1. The van der Waals surface area contributed by atoms with Crippen molar-refractivity contribution in [2.75, 3.05) is 5.32 Å². The Labute approximate surface area is 245 Å². The van der Waals surface area contributed by atoms with Gasteiger partial charge in [0.05, 0.1) is 26.4 Å². The van der Waals surface area contributed by atoms with E-state index in [-0.39, 0.29) is 17.0 Å². The fraction of sp³-hybridized carbons (Fsp3) is 0.0667. The molecule has 204 valence electrons. The number of anilines is 1. The number of hydrogen-bond donors (Lipinski definition) is 2. The van der Waals surface area contributed by atoms with E-state index in [4.69, 9.17) is 16.0 Å². The number of nitrogens with one attached hydrogen (secondary N) is 1. The number of para-hydroxylation sites is 1. The number of carboxylic acids is 1. The van der Waals surface area contributed by atoms with Crippen molar-refractivity contribution < 1.29 is 19.1 Å². The number of carbonyl (C=O) groups is 2. The monoisotopic (exact) mass is 601 g/mol. The lowest BCUT2D eigenvalue weighted by Gasteiger charge is -2.24. The molecule has 1 aliphatic rings. The van der Waals surface area contributed by atoms with Crippen LogP contribution in [-0.4, -0.2) is 21.6 Å². The molecule has 3 aromatic heterocycles. The van der Waals surface area contributed by atoms with Crippen molar-refractivity contribution >= 4 is 57.9 Å². The van der Waals surface area contributed by atoms with E-state index >= 15 is 0 Å². The third-order valence-electron chi connectivity index (χ3n) is 6.49. The lowest BCUT2D eigenvalue weighted by Crippen LogP contribution is -2.40. The summed E-state index contributed by atoms with van der Waals surface area (Å²) < 4.78 is 7.86. The molecule has 0 saturated heterocycles. The molecule has 0 spiro atoms. The first kappa shape index (κ1) is 26.7. The molecule has 41 heavy (non-hydrogen) atoms. The molecule has 0 fully saturated rings. The summed E-state index contributed by atoms with van der Waals surface area (Å²) in [4.78, 5) is 44.7. The minimum atomic E-state index is -1.08. The van der Waals surface area contributed by atoms with E-state index in [0.717, 1.165) is 4.88 Å². The number of carbonyl (C=O) groups excluding carboxylic acids is 1. The number of aromatic nitrogens is 1. The Bertz CT molecular complexity index is 2020. The summed E-state index contributed by atoms with van der Waals surface area (Å²) in [7, 11) is 0. The number of benzene rings is 2. The summed E-state index contributed by atoms with van der Waals surface area (Å²) in [5, 5.41) is 14.5. The van der Waals surface area contributed by atoms with E-state index in [1.54, 1.807) is 41.8 Å². The molecule has 0 radical (unpaired) electrons. The van der Waals surface area contributed by atoms with Gasteiger partial charge in [-0.2, -0.15) is 0 Å². The quantitative estimate of drug-likeness (QED) is 0.265. The number of furan rings is 1. The molecule has 4 heterocycles. The van der Waals surface area contributed by atoms with Crippen molar-refractivity contribution in [1.29, 1.82) is 0 Å². The first-order valence-corrected chi connectivity index (χ1v) is 14.4. The number of nitrogens with zero attached hydrogens (tertiary/aromatic N) is 2. The molecule has 1 atom stereocenters. The predicted molar refractivity (Wildman–Crippen MR) is 159 cm³/mol. The second kappa shape index (κ2) is 10.8. The first-order chi connectivity index (χ1) is 19.8. The second-order valence-corrected chi connectivity index (χ2v) is 11.5. The second-order valence-electron chi connectivity index (χ2n) is 9.12. The Balaban J connectivity index is 1.42. The Morgan fingerprint density at radius 2 is 1.90 bits per heavy atom. The van der Waals surface area contributed by atoms with Crippen LogP contribution in [0.2, 0.25) is 5.02 Å². The van der Waals surface area contributed by atoms with Gasteiger partial charge < -0.3 is 14.8 Å². The molecular formula is C30H20ClN3O5S2. The molecule has 6 rings (SSSR count). The SMILES string of the molecule is CC1=C(C(=O)Nc2ccccc2)[C@@H](c2cccs2)n2c(s/c(=C\c3ccc(-c4cc(C(=O)O)ccc4Cl)o3)c2=O)=N1. The fourth-order valence-electron chi connectivity index (χ4n) is 4.60. The number of aromatic carboxylic acids is 1. The average molecular weight is 602 g/mol. The highest BCUT2D eigenvalue weighted by Crippen LogP contribution is 2.34. The number of hydrogen-bond acceptors (Lipinski definition) is 7. The third-order valence-corrected chi connectivity index (χ3v) is 8.73. The fourth-order valence-corrected chi connectivity index (χ4v) is 6.66. The lowest BCUT2D eigenvalue weighted by atomic mass is 10.0. The van der Waals surface area contributed by atoms with E-state index < -0.39 is 12.0 Å². The Morgan fingerprint density at radius 3 is 2.63 bits per heavy atom. The highest BCUT2D eigenvalue weighted by molar-refractivity contribution is 7.10. The molecule has 2 N–H and O–H groups in total. The maximum atomic E-state index is 13.8. The van der Waals surface area contributed by atoms with Gasteiger partial charge in [-0.15, -0.1) is 11.3 Å². The van der Waals surface area contributed by atoms with Crippen LogP contribution in [0.4, 0.5) is 5.69 Å². The first-order valence-electron chi connectivity index (χ1n) is 12.4. The zero-order valence-electron chi connectivity index (χ0n) is 21.3. The highest BCUT2D eigenvalue weighted by Gasteiger charge is 2.33. The van der Waals surface area contributed by atoms with Crippen molar-refractivity contribution in [3.63, 3.8) is 0 Å². The van der Waals surface area contributed by atoms with Crippen molar-refractivity contribution in [2.45, 2.75) is 13.0 Å². The van der Waals surface area contributed by atoms with Crippen LogP contribution in [0.5, 0.6) is 0 Å². The van der Waals surface area contributed by atoms with Crippen LogP contribution in [-0.2, 0) is 4.79 Å². The van der Waals surface area contributed by atoms with E-state index in [1.165, 1.54) is 40.9 Å². The zero-order valence-corrected chi connectivity index (χ0v) is 23.7. The van der Waals surface area contributed by atoms with Gasteiger partial charge in [0.1, 0.15) is 17.6 Å². The highest BCUT2D eigenvalue weighted by atomic mass is 35.5. The summed E-state index contributed by atoms with van der Waals surface area (Å²) in [6, 6.07) is 20.0. The number of fused-ring (bicyclic) bond motifs is 1. The largest absolute Gasteiger partial charge is 0.478 e. The van der Waals surface area contributed by atoms with E-state index in [1.807, 2.05) is 35.7 Å². The summed E-state index contributed by atoms with van der Waals surface area (Å²) in [6.45, 7) is 1.77. The van der Waals surface area contributed by atoms with Crippen LogP contribution in [0.15, 0.2) is 104 Å². The molecule has 2 aromatic carbocycles. The average Bonchev–Trinajstić information content (AvgIpc) is 3.71. The minimum Gasteiger partial charge on any atom is -0.478 e. The minimum absolute atomic E-state index is 0.0757. The van der Waals surface area contributed by atoms with Crippen LogP contribution in [0.25, 0.3) is 17.4 Å². The van der Waals surface area contributed by atoms with Crippen molar-refractivity contribution in [1.82, 2.24) is 4.57 Å². The molecule has 11 heteroatoms. The molecule has 1 aliphatic heterocycles. The van der Waals surface area contributed by atoms with Crippen LogP contribution in [0.3, 0.4) is 0 Å². The van der Waals surface area contributed by atoms with E-state index in [0.29, 0.717) is 48.4 Å². The molecule has 8 nitrogen and oxygen atoms in total. The van der Waals surface area contributed by atoms with Crippen molar-refractivity contribution in [3.05, 3.63) is 130 Å².